The highest BCUT2D eigenvalue weighted by Gasteiger charge is 2.59. The van der Waals surface area contributed by atoms with Crippen LogP contribution in [0.5, 0.6) is 0 Å². The van der Waals surface area contributed by atoms with Gasteiger partial charge in [-0.25, -0.2) is 9.18 Å². The monoisotopic (exact) mass is 359 g/mol. The van der Waals surface area contributed by atoms with Crippen molar-refractivity contribution >= 4 is 16.6 Å². The standard InChI is InChI=1S/C18H22FN5O2/c1-9-14-12(16(25)24(21)17(26)23(14)11-2-3-11)4-13(19)15(9)22-6-10-5-18(10,7-20)8-22/h4,10-11H,2-3,5-8,20-21H2,1H3. The van der Waals surface area contributed by atoms with E-state index in [-0.39, 0.29) is 16.8 Å². The number of hydrogen-bond donors (Lipinski definition) is 2. The number of fused-ring (bicyclic) bond motifs is 2. The summed E-state index contributed by atoms with van der Waals surface area (Å²) in [4.78, 5) is 27.1. The van der Waals surface area contributed by atoms with E-state index in [2.05, 4.69) is 0 Å². The molecular formula is C18H22FN5O2. The molecule has 3 aliphatic rings. The van der Waals surface area contributed by atoms with Crippen molar-refractivity contribution in [2.75, 3.05) is 30.4 Å². The Bertz CT molecular complexity index is 1070. The molecule has 2 heterocycles. The lowest BCUT2D eigenvalue weighted by atomic mass is 10.1. The number of anilines is 1. The largest absolute Gasteiger partial charge is 0.368 e. The van der Waals surface area contributed by atoms with E-state index in [1.165, 1.54) is 6.07 Å². The molecule has 0 bridgehead atoms. The number of aryl methyl sites for hydroxylation is 1. The number of nitrogens with zero attached hydrogens (tertiary/aromatic N) is 3. The van der Waals surface area contributed by atoms with Gasteiger partial charge in [0.2, 0.25) is 0 Å². The number of piperidine rings is 1. The highest BCUT2D eigenvalue weighted by molar-refractivity contribution is 5.87. The van der Waals surface area contributed by atoms with Crippen molar-refractivity contribution in [2.24, 2.45) is 17.1 Å². The molecule has 8 heteroatoms. The topological polar surface area (TPSA) is 99.3 Å². The number of nitrogens with two attached hydrogens (primary N) is 2. The summed E-state index contributed by atoms with van der Waals surface area (Å²) in [5, 5.41) is 0.163. The van der Waals surface area contributed by atoms with Gasteiger partial charge in [0.1, 0.15) is 5.82 Å². The molecule has 2 aromatic rings. The van der Waals surface area contributed by atoms with Crippen LogP contribution in [0, 0.1) is 24.1 Å². The molecule has 1 saturated heterocycles. The maximum Gasteiger partial charge on any atom is 0.350 e. The molecule has 2 aliphatic carbocycles. The summed E-state index contributed by atoms with van der Waals surface area (Å²) < 4.78 is 17.2. The summed E-state index contributed by atoms with van der Waals surface area (Å²) in [6, 6.07) is 1.26. The SMILES string of the molecule is Cc1c(N2CC3CC3(CN)C2)c(F)cc2c(=O)n(N)c(=O)n(C3CC3)c12. The first-order chi connectivity index (χ1) is 12.4. The fourth-order valence-electron chi connectivity index (χ4n) is 4.80. The summed E-state index contributed by atoms with van der Waals surface area (Å²) in [7, 11) is 0. The van der Waals surface area contributed by atoms with Gasteiger partial charge < -0.3 is 16.5 Å². The van der Waals surface area contributed by atoms with Crippen LogP contribution >= 0.6 is 0 Å². The second kappa shape index (κ2) is 4.88. The van der Waals surface area contributed by atoms with Gasteiger partial charge in [-0.15, -0.1) is 0 Å². The summed E-state index contributed by atoms with van der Waals surface area (Å²) >= 11 is 0. The fourth-order valence-corrected chi connectivity index (χ4v) is 4.80. The van der Waals surface area contributed by atoms with E-state index in [0.717, 1.165) is 32.4 Å². The van der Waals surface area contributed by atoms with Crippen LogP contribution in [0.1, 0.15) is 30.9 Å². The van der Waals surface area contributed by atoms with Crippen molar-refractivity contribution in [1.82, 2.24) is 9.24 Å². The van der Waals surface area contributed by atoms with E-state index in [4.69, 9.17) is 11.6 Å². The molecule has 26 heavy (non-hydrogen) atoms. The zero-order valence-corrected chi connectivity index (χ0v) is 14.7. The average molecular weight is 359 g/mol. The van der Waals surface area contributed by atoms with Crippen LogP contribution in [0.15, 0.2) is 15.7 Å². The van der Waals surface area contributed by atoms with Crippen molar-refractivity contribution in [2.45, 2.75) is 32.2 Å². The smallest absolute Gasteiger partial charge is 0.350 e. The lowest BCUT2D eigenvalue weighted by Gasteiger charge is -2.26. The van der Waals surface area contributed by atoms with Crippen molar-refractivity contribution in [3.63, 3.8) is 0 Å². The molecule has 3 fully saturated rings. The van der Waals surface area contributed by atoms with Gasteiger partial charge >= 0.3 is 5.69 Å². The van der Waals surface area contributed by atoms with Gasteiger partial charge in [0.05, 0.1) is 16.6 Å². The summed E-state index contributed by atoms with van der Waals surface area (Å²) in [6.07, 6.45) is 2.82. The van der Waals surface area contributed by atoms with Gasteiger partial charge in [-0.1, -0.05) is 0 Å². The summed E-state index contributed by atoms with van der Waals surface area (Å²) in [6.45, 7) is 3.88. The van der Waals surface area contributed by atoms with Crippen LogP contribution in [-0.4, -0.2) is 28.9 Å². The zero-order chi connectivity index (χ0) is 18.4. The second-order valence-electron chi connectivity index (χ2n) is 8.14. The van der Waals surface area contributed by atoms with Gasteiger partial charge in [0.15, 0.2) is 0 Å². The number of rotatable bonds is 3. The van der Waals surface area contributed by atoms with Gasteiger partial charge in [0.25, 0.3) is 5.56 Å². The Morgan fingerprint density at radius 3 is 2.69 bits per heavy atom. The molecular weight excluding hydrogens is 337 g/mol. The van der Waals surface area contributed by atoms with Gasteiger partial charge in [-0.05, 0) is 44.7 Å². The van der Waals surface area contributed by atoms with Gasteiger partial charge in [-0.3, -0.25) is 9.36 Å². The van der Waals surface area contributed by atoms with Gasteiger partial charge in [-0.2, -0.15) is 4.68 Å². The molecule has 0 amide bonds. The minimum atomic E-state index is -0.654. The van der Waals surface area contributed by atoms with Crippen LogP contribution in [0.2, 0.25) is 0 Å². The third-order valence-electron chi connectivity index (χ3n) is 6.51. The fraction of sp³-hybridized carbons (Fsp3) is 0.556. The number of aromatic nitrogens is 2. The van der Waals surface area contributed by atoms with E-state index in [0.29, 0.717) is 33.9 Å². The molecule has 2 unspecified atom stereocenters. The minimum Gasteiger partial charge on any atom is -0.368 e. The molecule has 7 nitrogen and oxygen atoms in total. The molecule has 1 aromatic heterocycles. The number of benzene rings is 1. The lowest BCUT2D eigenvalue weighted by molar-refractivity contribution is 0.539. The molecule has 138 valence electrons. The Labute approximate surface area is 149 Å². The highest BCUT2D eigenvalue weighted by atomic mass is 19.1. The predicted octanol–water partition coefficient (Wildman–Crippen LogP) is 0.444. The molecule has 0 spiro atoms. The number of nitrogen functional groups attached to an aromatic ring is 1. The van der Waals surface area contributed by atoms with Crippen LogP contribution in [-0.2, 0) is 0 Å². The maximum atomic E-state index is 15.0. The van der Waals surface area contributed by atoms with Crippen LogP contribution in [0.3, 0.4) is 0 Å². The zero-order valence-electron chi connectivity index (χ0n) is 14.7. The molecule has 2 atom stereocenters. The minimum absolute atomic E-state index is 0.0276. The summed E-state index contributed by atoms with van der Waals surface area (Å²) in [5.41, 5.74) is 6.47. The second-order valence-corrected chi connectivity index (χ2v) is 8.14. The van der Waals surface area contributed by atoms with Crippen molar-refractivity contribution in [3.8, 4) is 0 Å². The average Bonchev–Trinajstić information content (AvgIpc) is 3.53. The third-order valence-corrected chi connectivity index (χ3v) is 6.51. The Kier molecular flexibility index (Phi) is 2.98. The van der Waals surface area contributed by atoms with E-state index in [9.17, 15) is 9.59 Å². The van der Waals surface area contributed by atoms with E-state index >= 15 is 4.39 Å². The molecule has 0 radical (unpaired) electrons. The van der Waals surface area contributed by atoms with Gasteiger partial charge in [0, 0.05) is 30.1 Å². The molecule has 5 rings (SSSR count). The Hall–Kier alpha value is -2.35. The molecule has 1 aliphatic heterocycles. The number of hydrogen-bond acceptors (Lipinski definition) is 5. The van der Waals surface area contributed by atoms with E-state index < -0.39 is 17.1 Å². The highest BCUT2D eigenvalue weighted by Crippen LogP contribution is 2.58. The van der Waals surface area contributed by atoms with Crippen molar-refractivity contribution in [3.05, 3.63) is 38.3 Å². The first kappa shape index (κ1) is 15.9. The molecule has 2 saturated carbocycles. The van der Waals surface area contributed by atoms with Crippen LogP contribution in [0.4, 0.5) is 10.1 Å². The maximum absolute atomic E-state index is 15.0. The normalized spacial score (nSPS) is 27.2. The van der Waals surface area contributed by atoms with Crippen LogP contribution < -0.4 is 27.7 Å². The Morgan fingerprint density at radius 1 is 1.35 bits per heavy atom. The molecule has 1 aromatic carbocycles. The van der Waals surface area contributed by atoms with E-state index in [1.54, 1.807) is 11.5 Å². The first-order valence-electron chi connectivity index (χ1n) is 9.08. The Morgan fingerprint density at radius 2 is 2.08 bits per heavy atom. The van der Waals surface area contributed by atoms with E-state index in [1.807, 2.05) is 4.90 Å². The summed E-state index contributed by atoms with van der Waals surface area (Å²) in [5.74, 6) is 5.72. The third kappa shape index (κ3) is 1.90. The Balaban J connectivity index is 1.77. The predicted molar refractivity (Wildman–Crippen MR) is 97.4 cm³/mol. The van der Waals surface area contributed by atoms with Crippen LogP contribution in [0.25, 0.3) is 10.9 Å². The number of halogens is 1. The first-order valence-corrected chi connectivity index (χ1v) is 9.08. The quantitative estimate of drug-likeness (QED) is 0.775. The van der Waals surface area contributed by atoms with Crippen molar-refractivity contribution in [1.29, 1.82) is 0 Å². The lowest BCUT2D eigenvalue weighted by Crippen LogP contribution is -2.44. The van der Waals surface area contributed by atoms with Crippen molar-refractivity contribution < 1.29 is 4.39 Å². The molecule has 4 N–H and O–H groups in total.